The molecule has 0 spiro atoms. The molecule has 2 heteroatoms. The molecular formula is C8H10NO+. The van der Waals surface area contributed by atoms with Gasteiger partial charge in [0.25, 0.3) is 0 Å². The van der Waals surface area contributed by atoms with Crippen molar-refractivity contribution in [1.29, 1.82) is 0 Å². The molecule has 10 heavy (non-hydrogen) atoms. The maximum atomic E-state index is 10.8. The van der Waals surface area contributed by atoms with Gasteiger partial charge in [0.05, 0.1) is 5.56 Å². The van der Waals surface area contributed by atoms with Gasteiger partial charge in [0.1, 0.15) is 5.69 Å². The Hall–Kier alpha value is -1.15. The van der Waals surface area contributed by atoms with Crippen LogP contribution < -0.4 is 5.73 Å². The summed E-state index contributed by atoms with van der Waals surface area (Å²) in [7, 11) is 0. The topological polar surface area (TPSA) is 44.7 Å². The van der Waals surface area contributed by atoms with Crippen LogP contribution in [0.1, 0.15) is 17.3 Å². The highest BCUT2D eigenvalue weighted by atomic mass is 16.1. The van der Waals surface area contributed by atoms with E-state index in [2.05, 4.69) is 5.73 Å². The molecule has 0 saturated heterocycles. The molecule has 0 aliphatic rings. The SMILES string of the molecule is CC(=O)c1ccccc1[NH3+]. The Morgan fingerprint density at radius 1 is 1.40 bits per heavy atom. The number of carbonyl (C=O) groups excluding carboxylic acids is 1. The Balaban J connectivity index is 3.15. The third-order valence-corrected chi connectivity index (χ3v) is 1.40. The van der Waals surface area contributed by atoms with Crippen molar-refractivity contribution < 1.29 is 10.5 Å². The lowest BCUT2D eigenvalue weighted by molar-refractivity contribution is -0.255. The van der Waals surface area contributed by atoms with Gasteiger partial charge >= 0.3 is 0 Å². The van der Waals surface area contributed by atoms with Gasteiger partial charge < -0.3 is 5.73 Å². The zero-order chi connectivity index (χ0) is 7.56. The van der Waals surface area contributed by atoms with Gasteiger partial charge in [0, 0.05) is 0 Å². The standard InChI is InChI=1S/C8H9NO/c1-6(10)7-4-2-3-5-8(7)9/h2-5H,9H2,1H3/p+1. The Morgan fingerprint density at radius 3 is 2.40 bits per heavy atom. The quantitative estimate of drug-likeness (QED) is 0.569. The summed E-state index contributed by atoms with van der Waals surface area (Å²) in [6.45, 7) is 1.55. The van der Waals surface area contributed by atoms with Crippen LogP contribution in [0.5, 0.6) is 0 Å². The van der Waals surface area contributed by atoms with Gasteiger partial charge in [0.15, 0.2) is 5.78 Å². The van der Waals surface area contributed by atoms with Crippen LogP contribution >= 0.6 is 0 Å². The van der Waals surface area contributed by atoms with Gasteiger partial charge in [-0.1, -0.05) is 12.1 Å². The first-order chi connectivity index (χ1) is 4.72. The highest BCUT2D eigenvalue weighted by Gasteiger charge is 2.03. The summed E-state index contributed by atoms with van der Waals surface area (Å²) in [4.78, 5) is 10.8. The lowest BCUT2D eigenvalue weighted by Crippen LogP contribution is -2.41. The van der Waals surface area contributed by atoms with Crippen molar-refractivity contribution in [2.24, 2.45) is 0 Å². The van der Waals surface area contributed by atoms with E-state index in [1.807, 2.05) is 18.2 Å². The molecule has 52 valence electrons. The number of quaternary nitrogens is 1. The predicted molar refractivity (Wildman–Crippen MR) is 39.0 cm³/mol. The minimum absolute atomic E-state index is 0.0746. The Labute approximate surface area is 59.7 Å². The lowest BCUT2D eigenvalue weighted by atomic mass is 10.1. The van der Waals surface area contributed by atoms with Gasteiger partial charge in [-0.15, -0.1) is 0 Å². The molecule has 1 aromatic rings. The minimum Gasteiger partial charge on any atom is -0.325 e. The average Bonchev–Trinajstić information content (AvgIpc) is 1.88. The molecule has 0 amide bonds. The van der Waals surface area contributed by atoms with Crippen molar-refractivity contribution in [2.75, 3.05) is 0 Å². The van der Waals surface area contributed by atoms with E-state index in [-0.39, 0.29) is 5.78 Å². The van der Waals surface area contributed by atoms with Gasteiger partial charge in [-0.2, -0.15) is 0 Å². The van der Waals surface area contributed by atoms with E-state index in [1.54, 1.807) is 13.0 Å². The smallest absolute Gasteiger partial charge is 0.165 e. The second-order valence-corrected chi connectivity index (χ2v) is 2.21. The number of hydrogen-bond donors (Lipinski definition) is 1. The van der Waals surface area contributed by atoms with E-state index in [9.17, 15) is 4.79 Å². The van der Waals surface area contributed by atoms with Crippen LogP contribution in [0.25, 0.3) is 0 Å². The van der Waals surface area contributed by atoms with E-state index in [1.165, 1.54) is 0 Å². The maximum absolute atomic E-state index is 10.8. The van der Waals surface area contributed by atoms with Crippen molar-refractivity contribution in [3.8, 4) is 0 Å². The molecule has 0 radical (unpaired) electrons. The normalized spacial score (nSPS) is 9.40. The summed E-state index contributed by atoms with van der Waals surface area (Å²) in [5.41, 5.74) is 5.23. The minimum atomic E-state index is 0.0746. The number of benzene rings is 1. The summed E-state index contributed by atoms with van der Waals surface area (Å²) in [6, 6.07) is 7.32. The molecule has 1 aromatic carbocycles. The summed E-state index contributed by atoms with van der Waals surface area (Å²) in [6.07, 6.45) is 0. The number of hydrogen-bond acceptors (Lipinski definition) is 1. The third kappa shape index (κ3) is 1.22. The summed E-state index contributed by atoms with van der Waals surface area (Å²) < 4.78 is 0. The Bertz CT molecular complexity index is 255. The van der Waals surface area contributed by atoms with Crippen LogP contribution in [0.3, 0.4) is 0 Å². The highest BCUT2D eigenvalue weighted by molar-refractivity contribution is 5.97. The molecule has 1 rings (SSSR count). The monoisotopic (exact) mass is 136 g/mol. The van der Waals surface area contributed by atoms with Gasteiger partial charge in [-0.25, -0.2) is 0 Å². The average molecular weight is 136 g/mol. The molecule has 2 nitrogen and oxygen atoms in total. The molecule has 0 bridgehead atoms. The summed E-state index contributed by atoms with van der Waals surface area (Å²) in [5, 5.41) is 0. The van der Waals surface area contributed by atoms with Crippen molar-refractivity contribution in [2.45, 2.75) is 6.92 Å². The number of carbonyl (C=O) groups is 1. The highest BCUT2D eigenvalue weighted by Crippen LogP contribution is 2.07. The van der Waals surface area contributed by atoms with Gasteiger partial charge in [0.2, 0.25) is 0 Å². The fraction of sp³-hybridized carbons (Fsp3) is 0.125. The Kier molecular flexibility index (Phi) is 1.83. The molecule has 0 saturated carbocycles. The molecule has 0 atom stereocenters. The largest absolute Gasteiger partial charge is 0.325 e. The molecule has 0 fully saturated rings. The van der Waals surface area contributed by atoms with Gasteiger partial charge in [-0.3, -0.25) is 4.79 Å². The lowest BCUT2D eigenvalue weighted by Gasteiger charge is -1.93. The van der Waals surface area contributed by atoms with Crippen LogP contribution in [0.2, 0.25) is 0 Å². The third-order valence-electron chi connectivity index (χ3n) is 1.40. The van der Waals surface area contributed by atoms with Crippen LogP contribution in [0.4, 0.5) is 5.69 Å². The fourth-order valence-corrected chi connectivity index (χ4v) is 0.864. The van der Waals surface area contributed by atoms with Crippen LogP contribution in [0, 0.1) is 0 Å². The van der Waals surface area contributed by atoms with Crippen LogP contribution in [0.15, 0.2) is 24.3 Å². The van der Waals surface area contributed by atoms with E-state index in [0.29, 0.717) is 5.56 Å². The van der Waals surface area contributed by atoms with Crippen LogP contribution in [-0.2, 0) is 0 Å². The molecule has 0 heterocycles. The zero-order valence-corrected chi connectivity index (χ0v) is 5.92. The Morgan fingerprint density at radius 2 is 2.00 bits per heavy atom. The number of rotatable bonds is 1. The molecular weight excluding hydrogens is 126 g/mol. The second kappa shape index (κ2) is 2.62. The maximum Gasteiger partial charge on any atom is 0.165 e. The first-order valence-corrected chi connectivity index (χ1v) is 3.14. The van der Waals surface area contributed by atoms with Crippen molar-refractivity contribution in [3.05, 3.63) is 29.8 Å². The van der Waals surface area contributed by atoms with Crippen molar-refractivity contribution in [3.63, 3.8) is 0 Å². The van der Waals surface area contributed by atoms with E-state index < -0.39 is 0 Å². The van der Waals surface area contributed by atoms with Crippen LogP contribution in [-0.4, -0.2) is 5.78 Å². The first-order valence-electron chi connectivity index (χ1n) is 3.14. The van der Waals surface area contributed by atoms with E-state index >= 15 is 0 Å². The molecule has 0 aliphatic carbocycles. The second-order valence-electron chi connectivity index (χ2n) is 2.21. The zero-order valence-electron chi connectivity index (χ0n) is 5.92. The molecule has 0 aliphatic heterocycles. The molecule has 0 unspecified atom stereocenters. The van der Waals surface area contributed by atoms with Crippen molar-refractivity contribution in [1.82, 2.24) is 0 Å². The fourth-order valence-electron chi connectivity index (χ4n) is 0.864. The van der Waals surface area contributed by atoms with Crippen molar-refractivity contribution >= 4 is 11.5 Å². The van der Waals surface area contributed by atoms with E-state index in [4.69, 9.17) is 0 Å². The molecule has 0 aromatic heterocycles. The molecule has 3 N–H and O–H groups in total. The summed E-state index contributed by atoms with van der Waals surface area (Å²) >= 11 is 0. The number of ketones is 1. The number of Topliss-reactive ketones (excluding diaryl/α,β-unsaturated/α-hetero) is 1. The summed E-state index contributed by atoms with van der Waals surface area (Å²) in [5.74, 6) is 0.0746. The predicted octanol–water partition coefficient (Wildman–Crippen LogP) is 0.763. The first kappa shape index (κ1) is 6.96. The van der Waals surface area contributed by atoms with Gasteiger partial charge in [-0.05, 0) is 19.1 Å². The van der Waals surface area contributed by atoms with E-state index in [0.717, 1.165) is 5.69 Å².